The molecule has 3 N–H and O–H groups in total. The average molecular weight is 315 g/mol. The van der Waals surface area contributed by atoms with E-state index in [4.69, 9.17) is 5.73 Å². The number of amides is 1. The van der Waals surface area contributed by atoms with Crippen LogP contribution in [0.2, 0.25) is 0 Å². The number of benzene rings is 1. The van der Waals surface area contributed by atoms with Crippen LogP contribution in [0, 0.1) is 5.92 Å². The lowest BCUT2D eigenvalue weighted by Gasteiger charge is -2.27. The summed E-state index contributed by atoms with van der Waals surface area (Å²) in [7, 11) is 0. The number of nitrogens with two attached hydrogens (primary N) is 1. The zero-order valence-electron chi connectivity index (χ0n) is 13.4. The van der Waals surface area contributed by atoms with Crippen molar-refractivity contribution in [2.75, 3.05) is 13.1 Å². The fourth-order valence-corrected chi connectivity index (χ4v) is 3.24. The maximum Gasteiger partial charge on any atom is 0.262 e. The smallest absolute Gasteiger partial charge is 0.262 e. The van der Waals surface area contributed by atoms with Gasteiger partial charge in [0.25, 0.3) is 5.56 Å². The number of aromatic nitrogens is 2. The van der Waals surface area contributed by atoms with E-state index in [1.807, 2.05) is 12.1 Å². The number of rotatable bonds is 4. The Bertz CT molecular complexity index is 776. The fraction of sp³-hybridized carbons (Fsp3) is 0.471. The molecule has 0 spiro atoms. The first-order valence-corrected chi connectivity index (χ1v) is 8.15. The lowest BCUT2D eigenvalue weighted by atomic mass is 9.99. The van der Waals surface area contributed by atoms with Crippen LogP contribution in [0.15, 0.2) is 29.1 Å². The van der Waals surface area contributed by atoms with Gasteiger partial charge in [0.2, 0.25) is 5.91 Å². The van der Waals surface area contributed by atoms with E-state index in [1.165, 1.54) is 22.3 Å². The molecule has 0 saturated carbocycles. The summed E-state index contributed by atoms with van der Waals surface area (Å²) in [5.74, 6) is 0.890. The molecule has 1 aromatic heterocycles. The average Bonchev–Trinajstić information content (AvgIpc) is 2.53. The van der Waals surface area contributed by atoms with Crippen molar-refractivity contribution in [3.05, 3.63) is 40.4 Å². The van der Waals surface area contributed by atoms with E-state index in [9.17, 15) is 9.59 Å². The molecule has 1 saturated heterocycles. The minimum absolute atomic E-state index is 0.115. The molecule has 0 bridgehead atoms. The summed E-state index contributed by atoms with van der Waals surface area (Å²) >= 11 is 0. The molecule has 1 fully saturated rings. The monoisotopic (exact) mass is 315 g/mol. The van der Waals surface area contributed by atoms with Gasteiger partial charge in [0.1, 0.15) is 13.1 Å². The first-order valence-electron chi connectivity index (χ1n) is 8.15. The second kappa shape index (κ2) is 6.50. The Morgan fingerprint density at radius 2 is 2.04 bits per heavy atom. The molecular weight excluding hydrogens is 292 g/mol. The predicted molar refractivity (Wildman–Crippen MR) is 88.0 cm³/mol. The lowest BCUT2D eigenvalue weighted by molar-refractivity contribution is -0.920. The predicted octanol–water partition coefficient (Wildman–Crippen LogP) is -0.303. The largest absolute Gasteiger partial charge is 0.368 e. The van der Waals surface area contributed by atoms with Crippen molar-refractivity contribution in [1.29, 1.82) is 0 Å². The SMILES string of the molecule is CC1CC[NH+](Cc2nc3ccccc3c(=O)n2CC(N)=O)CC1. The molecule has 6 heteroatoms. The Morgan fingerprint density at radius 1 is 1.35 bits per heavy atom. The van der Waals surface area contributed by atoms with E-state index in [0.29, 0.717) is 23.3 Å². The van der Waals surface area contributed by atoms with Gasteiger partial charge in [-0.2, -0.15) is 0 Å². The Morgan fingerprint density at radius 3 is 2.74 bits per heavy atom. The summed E-state index contributed by atoms with van der Waals surface area (Å²) in [5, 5.41) is 0.528. The number of likely N-dealkylation sites (tertiary alicyclic amines) is 1. The number of carbonyl (C=O) groups excluding carboxylic acids is 1. The van der Waals surface area contributed by atoms with Crippen LogP contribution in [-0.2, 0) is 17.9 Å². The van der Waals surface area contributed by atoms with Gasteiger partial charge >= 0.3 is 0 Å². The van der Waals surface area contributed by atoms with Crippen molar-refractivity contribution >= 4 is 16.8 Å². The van der Waals surface area contributed by atoms with E-state index < -0.39 is 5.91 Å². The minimum Gasteiger partial charge on any atom is -0.368 e. The van der Waals surface area contributed by atoms with Crippen LogP contribution in [0.25, 0.3) is 10.9 Å². The van der Waals surface area contributed by atoms with E-state index in [-0.39, 0.29) is 12.1 Å². The topological polar surface area (TPSA) is 82.4 Å². The quantitative estimate of drug-likeness (QED) is 0.812. The zero-order valence-corrected chi connectivity index (χ0v) is 13.4. The lowest BCUT2D eigenvalue weighted by Crippen LogP contribution is -3.11. The summed E-state index contributed by atoms with van der Waals surface area (Å²) in [4.78, 5) is 30.1. The molecule has 2 aromatic rings. The van der Waals surface area contributed by atoms with E-state index in [1.54, 1.807) is 12.1 Å². The van der Waals surface area contributed by atoms with Crippen molar-refractivity contribution in [1.82, 2.24) is 9.55 Å². The molecule has 1 aromatic carbocycles. The van der Waals surface area contributed by atoms with Crippen LogP contribution in [0.4, 0.5) is 0 Å². The van der Waals surface area contributed by atoms with Gasteiger partial charge in [-0.3, -0.25) is 14.2 Å². The van der Waals surface area contributed by atoms with Crippen LogP contribution in [0.3, 0.4) is 0 Å². The van der Waals surface area contributed by atoms with Crippen molar-refractivity contribution in [2.45, 2.75) is 32.9 Å². The number of para-hydroxylation sites is 1. The van der Waals surface area contributed by atoms with Crippen LogP contribution in [0.1, 0.15) is 25.6 Å². The van der Waals surface area contributed by atoms with Gasteiger partial charge in [-0.05, 0) is 30.9 Å². The van der Waals surface area contributed by atoms with Gasteiger partial charge in [0, 0.05) is 0 Å². The van der Waals surface area contributed by atoms with Gasteiger partial charge in [-0.25, -0.2) is 4.98 Å². The molecule has 0 aliphatic carbocycles. The number of nitrogens with zero attached hydrogens (tertiary/aromatic N) is 2. The maximum absolute atomic E-state index is 12.7. The van der Waals surface area contributed by atoms with Crippen LogP contribution < -0.4 is 16.2 Å². The van der Waals surface area contributed by atoms with E-state index in [2.05, 4.69) is 11.9 Å². The number of fused-ring (bicyclic) bond motifs is 1. The highest BCUT2D eigenvalue weighted by Crippen LogP contribution is 2.09. The Balaban J connectivity index is 1.99. The van der Waals surface area contributed by atoms with Gasteiger partial charge in [0.15, 0.2) is 5.82 Å². The molecule has 1 aliphatic heterocycles. The third-order valence-corrected chi connectivity index (χ3v) is 4.64. The maximum atomic E-state index is 12.7. The van der Waals surface area contributed by atoms with Gasteiger partial charge in [-0.15, -0.1) is 0 Å². The number of hydrogen-bond acceptors (Lipinski definition) is 3. The third-order valence-electron chi connectivity index (χ3n) is 4.64. The summed E-state index contributed by atoms with van der Waals surface area (Å²) < 4.78 is 1.44. The molecule has 0 unspecified atom stereocenters. The number of primary amides is 1. The number of piperidine rings is 1. The van der Waals surface area contributed by atoms with Crippen molar-refractivity contribution in [3.63, 3.8) is 0 Å². The van der Waals surface area contributed by atoms with Crippen molar-refractivity contribution < 1.29 is 9.69 Å². The molecule has 0 radical (unpaired) electrons. The highest BCUT2D eigenvalue weighted by atomic mass is 16.2. The van der Waals surface area contributed by atoms with Gasteiger partial charge < -0.3 is 10.6 Å². The second-order valence-corrected chi connectivity index (χ2v) is 6.51. The normalized spacial score (nSPS) is 21.4. The summed E-state index contributed by atoms with van der Waals surface area (Å²) in [6, 6.07) is 7.24. The second-order valence-electron chi connectivity index (χ2n) is 6.51. The van der Waals surface area contributed by atoms with Gasteiger partial charge in [-0.1, -0.05) is 19.1 Å². The van der Waals surface area contributed by atoms with Crippen LogP contribution >= 0.6 is 0 Å². The Kier molecular flexibility index (Phi) is 4.43. The number of carbonyl (C=O) groups is 1. The summed E-state index contributed by atoms with van der Waals surface area (Å²) in [6.45, 7) is 4.95. The van der Waals surface area contributed by atoms with Crippen molar-refractivity contribution in [3.8, 4) is 0 Å². The Labute approximate surface area is 134 Å². The van der Waals surface area contributed by atoms with E-state index >= 15 is 0 Å². The van der Waals surface area contributed by atoms with Crippen LogP contribution in [0.5, 0.6) is 0 Å². The molecule has 23 heavy (non-hydrogen) atoms. The summed E-state index contributed by atoms with van der Waals surface area (Å²) in [5.41, 5.74) is 5.82. The zero-order chi connectivity index (χ0) is 16.4. The number of nitrogens with one attached hydrogen (secondary N) is 1. The molecule has 2 heterocycles. The van der Waals surface area contributed by atoms with Gasteiger partial charge in [0.05, 0.1) is 24.0 Å². The van der Waals surface area contributed by atoms with Crippen molar-refractivity contribution in [2.24, 2.45) is 11.7 Å². The first kappa shape index (κ1) is 15.7. The fourth-order valence-electron chi connectivity index (χ4n) is 3.24. The number of quaternary nitrogens is 1. The summed E-state index contributed by atoms with van der Waals surface area (Å²) in [6.07, 6.45) is 2.37. The molecule has 1 amide bonds. The van der Waals surface area contributed by atoms with E-state index in [0.717, 1.165) is 19.0 Å². The Hall–Kier alpha value is -2.21. The highest BCUT2D eigenvalue weighted by molar-refractivity contribution is 5.78. The minimum atomic E-state index is -0.521. The first-order chi connectivity index (χ1) is 11.0. The number of hydrogen-bond donors (Lipinski definition) is 2. The molecule has 1 aliphatic rings. The molecular formula is C17H23N4O2+. The third kappa shape index (κ3) is 3.42. The molecule has 122 valence electrons. The molecule has 3 rings (SSSR count). The van der Waals surface area contributed by atoms with Crippen LogP contribution in [-0.4, -0.2) is 28.5 Å². The molecule has 0 atom stereocenters. The highest BCUT2D eigenvalue weighted by Gasteiger charge is 2.22. The molecule has 6 nitrogen and oxygen atoms in total. The standard InChI is InChI=1S/C17H22N4O2/c1-12-6-8-20(9-7-12)11-16-19-14-5-3-2-4-13(14)17(23)21(16)10-15(18)22/h2-5,12H,6-11H2,1H3,(H2,18,22)/p+1.